The molecule has 1 atom stereocenters. The van der Waals surface area contributed by atoms with E-state index in [1.807, 2.05) is 0 Å². The van der Waals surface area contributed by atoms with Crippen molar-refractivity contribution >= 4 is 12.1 Å². The quantitative estimate of drug-likeness (QED) is 0.725. The third-order valence-corrected chi connectivity index (χ3v) is 2.65. The van der Waals surface area contributed by atoms with Crippen LogP contribution in [0.25, 0.3) is 0 Å². The molecule has 16 heavy (non-hydrogen) atoms. The van der Waals surface area contributed by atoms with Crippen LogP contribution < -0.4 is 5.32 Å². The van der Waals surface area contributed by atoms with Gasteiger partial charge in [0.2, 0.25) is 0 Å². The number of nitrogens with zero attached hydrogens (tertiary/aromatic N) is 1. The van der Waals surface area contributed by atoms with Crippen LogP contribution in [0.3, 0.4) is 0 Å². The second kappa shape index (κ2) is 6.32. The number of nitrogens with one attached hydrogen (secondary N) is 1. The Morgan fingerprint density at radius 1 is 1.56 bits per heavy atom. The van der Waals surface area contributed by atoms with Crippen LogP contribution in [0.4, 0.5) is 4.79 Å². The smallest absolute Gasteiger partial charge is 0.407 e. The third kappa shape index (κ3) is 4.48. The lowest BCUT2D eigenvalue weighted by Gasteiger charge is -2.32. The molecule has 92 valence electrons. The Morgan fingerprint density at radius 2 is 2.31 bits per heavy atom. The van der Waals surface area contributed by atoms with Crippen LogP contribution in [-0.2, 0) is 9.53 Å². The van der Waals surface area contributed by atoms with Gasteiger partial charge in [-0.15, -0.1) is 0 Å². The number of alkyl carbamates (subject to hydrolysis) is 1. The molecule has 0 saturated carbocycles. The van der Waals surface area contributed by atoms with Crippen molar-refractivity contribution in [3.05, 3.63) is 0 Å². The molecule has 1 fully saturated rings. The van der Waals surface area contributed by atoms with Gasteiger partial charge in [-0.3, -0.25) is 4.79 Å². The summed E-state index contributed by atoms with van der Waals surface area (Å²) in [6.45, 7) is 2.13. The van der Waals surface area contributed by atoms with E-state index in [4.69, 9.17) is 5.11 Å². The highest BCUT2D eigenvalue weighted by atomic mass is 16.5. The summed E-state index contributed by atoms with van der Waals surface area (Å²) >= 11 is 0. The number of piperidine rings is 1. The number of methoxy groups -OCH3 is 1. The Labute approximate surface area is 94.6 Å². The third-order valence-electron chi connectivity index (χ3n) is 2.65. The van der Waals surface area contributed by atoms with E-state index in [1.165, 1.54) is 7.11 Å². The fourth-order valence-electron chi connectivity index (χ4n) is 1.86. The second-order valence-electron chi connectivity index (χ2n) is 3.92. The van der Waals surface area contributed by atoms with Crippen molar-refractivity contribution in [1.29, 1.82) is 0 Å². The molecule has 1 unspecified atom stereocenters. The lowest BCUT2D eigenvalue weighted by atomic mass is 10.1. The zero-order valence-electron chi connectivity index (χ0n) is 9.44. The summed E-state index contributed by atoms with van der Waals surface area (Å²) in [5.41, 5.74) is 0. The van der Waals surface area contributed by atoms with Crippen LogP contribution in [0.15, 0.2) is 0 Å². The Kier molecular flexibility index (Phi) is 5.04. The predicted octanol–water partition coefficient (Wildman–Crippen LogP) is 0.281. The maximum absolute atomic E-state index is 11.0. The molecule has 1 rings (SSSR count). The van der Waals surface area contributed by atoms with E-state index in [0.29, 0.717) is 13.1 Å². The molecule has 0 bridgehead atoms. The minimum absolute atomic E-state index is 0.0648. The monoisotopic (exact) mass is 230 g/mol. The molecule has 0 aromatic heterocycles. The van der Waals surface area contributed by atoms with Crippen LogP contribution in [0.2, 0.25) is 0 Å². The van der Waals surface area contributed by atoms with Gasteiger partial charge < -0.3 is 20.1 Å². The van der Waals surface area contributed by atoms with Gasteiger partial charge in [0.25, 0.3) is 0 Å². The minimum atomic E-state index is -0.789. The summed E-state index contributed by atoms with van der Waals surface area (Å²) in [5.74, 6) is -0.789. The van der Waals surface area contributed by atoms with Crippen LogP contribution in [0.1, 0.15) is 19.3 Å². The van der Waals surface area contributed by atoms with Crippen molar-refractivity contribution in [2.75, 3.05) is 26.7 Å². The van der Waals surface area contributed by atoms with Crippen molar-refractivity contribution in [2.45, 2.75) is 25.3 Å². The van der Waals surface area contributed by atoms with Gasteiger partial charge in [0.15, 0.2) is 0 Å². The highest BCUT2D eigenvalue weighted by molar-refractivity contribution is 5.67. The molecule has 0 aromatic carbocycles. The number of hydrogen-bond acceptors (Lipinski definition) is 4. The molecule has 0 aliphatic carbocycles. The SMILES string of the molecule is COC(=O)NC1CCCN(CCC(=O)O)C1. The zero-order chi connectivity index (χ0) is 12.0. The first-order valence-corrected chi connectivity index (χ1v) is 5.40. The molecule has 1 amide bonds. The van der Waals surface area contributed by atoms with Gasteiger partial charge >= 0.3 is 12.1 Å². The largest absolute Gasteiger partial charge is 0.481 e. The van der Waals surface area contributed by atoms with Crippen molar-refractivity contribution < 1.29 is 19.4 Å². The predicted molar refractivity (Wildman–Crippen MR) is 57.3 cm³/mol. The average Bonchev–Trinajstić information content (AvgIpc) is 2.26. The van der Waals surface area contributed by atoms with Crippen molar-refractivity contribution in [2.24, 2.45) is 0 Å². The van der Waals surface area contributed by atoms with Gasteiger partial charge in [-0.2, -0.15) is 0 Å². The van der Waals surface area contributed by atoms with Crippen molar-refractivity contribution in [3.8, 4) is 0 Å². The topological polar surface area (TPSA) is 78.9 Å². The normalized spacial score (nSPS) is 21.4. The summed E-state index contributed by atoms with van der Waals surface area (Å²) < 4.78 is 4.52. The molecule has 1 heterocycles. The molecule has 1 aliphatic heterocycles. The number of aliphatic carboxylic acids is 1. The van der Waals surface area contributed by atoms with Crippen molar-refractivity contribution in [3.63, 3.8) is 0 Å². The lowest BCUT2D eigenvalue weighted by molar-refractivity contribution is -0.137. The highest BCUT2D eigenvalue weighted by Gasteiger charge is 2.21. The Hall–Kier alpha value is -1.30. The molecule has 6 nitrogen and oxygen atoms in total. The number of carboxylic acid groups (broad SMARTS) is 1. The van der Waals surface area contributed by atoms with E-state index in [2.05, 4.69) is 15.0 Å². The lowest BCUT2D eigenvalue weighted by Crippen LogP contribution is -2.48. The standard InChI is InChI=1S/C10H18N2O4/c1-16-10(15)11-8-3-2-5-12(7-8)6-4-9(13)14/h8H,2-7H2,1H3,(H,11,15)(H,13,14). The molecule has 0 spiro atoms. The maximum atomic E-state index is 11.0. The van der Waals surface area contributed by atoms with Crippen LogP contribution in [0, 0.1) is 0 Å². The molecule has 1 aliphatic rings. The molecule has 6 heteroatoms. The number of carboxylic acids is 1. The van der Waals surface area contributed by atoms with Gasteiger partial charge in [-0.05, 0) is 19.4 Å². The summed E-state index contributed by atoms with van der Waals surface area (Å²) in [4.78, 5) is 23.5. The van der Waals surface area contributed by atoms with E-state index < -0.39 is 12.1 Å². The van der Waals surface area contributed by atoms with E-state index in [0.717, 1.165) is 19.4 Å². The number of likely N-dealkylation sites (tertiary alicyclic amines) is 1. The fraction of sp³-hybridized carbons (Fsp3) is 0.800. The average molecular weight is 230 g/mol. The van der Waals surface area contributed by atoms with E-state index >= 15 is 0 Å². The number of amides is 1. The van der Waals surface area contributed by atoms with Gasteiger partial charge in [0.1, 0.15) is 0 Å². The van der Waals surface area contributed by atoms with Crippen LogP contribution in [0.5, 0.6) is 0 Å². The van der Waals surface area contributed by atoms with Crippen LogP contribution >= 0.6 is 0 Å². The van der Waals surface area contributed by atoms with Gasteiger partial charge in [0.05, 0.1) is 13.5 Å². The number of carbonyl (C=O) groups is 2. The summed E-state index contributed by atoms with van der Waals surface area (Å²) in [5, 5.41) is 11.3. The first-order valence-electron chi connectivity index (χ1n) is 5.40. The summed E-state index contributed by atoms with van der Waals surface area (Å²) in [6, 6.07) is 0.0648. The second-order valence-corrected chi connectivity index (χ2v) is 3.92. The zero-order valence-corrected chi connectivity index (χ0v) is 9.44. The highest BCUT2D eigenvalue weighted by Crippen LogP contribution is 2.10. The van der Waals surface area contributed by atoms with E-state index in [-0.39, 0.29) is 12.5 Å². The Morgan fingerprint density at radius 3 is 2.94 bits per heavy atom. The molecule has 0 aromatic rings. The summed E-state index contributed by atoms with van der Waals surface area (Å²) in [6.07, 6.45) is 1.60. The van der Waals surface area contributed by atoms with E-state index in [9.17, 15) is 9.59 Å². The molecular weight excluding hydrogens is 212 g/mol. The van der Waals surface area contributed by atoms with Crippen LogP contribution in [-0.4, -0.2) is 54.9 Å². The number of rotatable bonds is 4. The molecule has 1 saturated heterocycles. The Balaban J connectivity index is 2.29. The molecule has 2 N–H and O–H groups in total. The number of hydrogen-bond donors (Lipinski definition) is 2. The first kappa shape index (κ1) is 12.8. The van der Waals surface area contributed by atoms with Gasteiger partial charge in [-0.1, -0.05) is 0 Å². The first-order chi connectivity index (χ1) is 7.61. The number of carbonyl (C=O) groups excluding carboxylic acids is 1. The Bertz CT molecular complexity index is 257. The summed E-state index contributed by atoms with van der Waals surface area (Å²) in [7, 11) is 1.33. The maximum Gasteiger partial charge on any atom is 0.407 e. The van der Waals surface area contributed by atoms with E-state index in [1.54, 1.807) is 0 Å². The van der Waals surface area contributed by atoms with Crippen molar-refractivity contribution in [1.82, 2.24) is 10.2 Å². The molecular formula is C10H18N2O4. The number of ether oxygens (including phenoxy) is 1. The van der Waals surface area contributed by atoms with Gasteiger partial charge in [0, 0.05) is 19.1 Å². The minimum Gasteiger partial charge on any atom is -0.481 e. The fourth-order valence-corrected chi connectivity index (χ4v) is 1.86. The van der Waals surface area contributed by atoms with Gasteiger partial charge in [-0.25, -0.2) is 4.79 Å². The molecule has 0 radical (unpaired) electrons.